The highest BCUT2D eigenvalue weighted by atomic mass is 16.3. The molecule has 0 aliphatic heterocycles. The second-order valence-electron chi connectivity index (χ2n) is 7.64. The summed E-state index contributed by atoms with van der Waals surface area (Å²) in [7, 11) is 0. The summed E-state index contributed by atoms with van der Waals surface area (Å²) in [4.78, 5) is 37.1. The van der Waals surface area contributed by atoms with Crippen molar-refractivity contribution in [2.45, 2.75) is 24.9 Å². The number of carbonyl (C=O) groups is 3. The highest BCUT2D eigenvalue weighted by molar-refractivity contribution is 6.22. The number of phenolic OH excluding ortho intramolecular Hbond substituents is 1. The third-order valence-corrected chi connectivity index (χ3v) is 6.20. The first-order chi connectivity index (χ1) is 13.6. The van der Waals surface area contributed by atoms with E-state index in [-0.39, 0.29) is 36.1 Å². The van der Waals surface area contributed by atoms with E-state index >= 15 is 0 Å². The Bertz CT molecular complexity index is 1080. The fourth-order valence-electron chi connectivity index (χ4n) is 4.84. The number of amides is 1. The number of fused-ring (bicyclic) bond motifs is 3. The number of hydrogen-bond acceptors (Lipinski definition) is 7. The number of hydrogen-bond donors (Lipinski definition) is 5. The summed E-state index contributed by atoms with van der Waals surface area (Å²) < 4.78 is 0. The molecule has 8 nitrogen and oxygen atoms in total. The van der Waals surface area contributed by atoms with Gasteiger partial charge in [-0.1, -0.05) is 18.7 Å². The minimum Gasteiger partial charge on any atom is -0.508 e. The third-order valence-electron chi connectivity index (χ3n) is 6.20. The van der Waals surface area contributed by atoms with Crippen LogP contribution in [0, 0.1) is 11.8 Å². The average molecular weight is 397 g/mol. The lowest BCUT2D eigenvalue weighted by molar-refractivity contribution is -0.147. The molecule has 0 bridgehead atoms. The Morgan fingerprint density at radius 3 is 2.52 bits per heavy atom. The smallest absolute Gasteiger partial charge is 0.255 e. The van der Waals surface area contributed by atoms with Gasteiger partial charge in [0.1, 0.15) is 22.8 Å². The van der Waals surface area contributed by atoms with E-state index in [1.54, 1.807) is 12.1 Å². The van der Waals surface area contributed by atoms with Crippen molar-refractivity contribution >= 4 is 29.3 Å². The summed E-state index contributed by atoms with van der Waals surface area (Å²) in [6, 6.07) is 3.00. The van der Waals surface area contributed by atoms with Crippen molar-refractivity contribution in [1.82, 2.24) is 0 Å². The SMILES string of the molecule is C=Cc1ccc(O)c2c1C[C@H]1C[C@H]3CC(=O)C(C(N)=O)=C(O)[C@@]3(O)C(=O)C1=C2O. The third kappa shape index (κ3) is 2.32. The van der Waals surface area contributed by atoms with Gasteiger partial charge in [0.05, 0.1) is 5.56 Å². The quantitative estimate of drug-likeness (QED) is 0.467. The van der Waals surface area contributed by atoms with Crippen LogP contribution in [0.1, 0.15) is 29.5 Å². The minimum absolute atomic E-state index is 0.0644. The van der Waals surface area contributed by atoms with Gasteiger partial charge in [0.15, 0.2) is 11.4 Å². The van der Waals surface area contributed by atoms with Gasteiger partial charge in [-0.15, -0.1) is 0 Å². The summed E-state index contributed by atoms with van der Waals surface area (Å²) >= 11 is 0. The lowest BCUT2D eigenvalue weighted by Crippen LogP contribution is -2.58. The maximum Gasteiger partial charge on any atom is 0.255 e. The van der Waals surface area contributed by atoms with Crippen molar-refractivity contribution < 1.29 is 34.8 Å². The second kappa shape index (κ2) is 6.05. The molecule has 0 saturated heterocycles. The molecule has 0 radical (unpaired) electrons. The van der Waals surface area contributed by atoms with E-state index in [0.29, 0.717) is 11.1 Å². The zero-order chi connectivity index (χ0) is 21.2. The lowest BCUT2D eigenvalue weighted by Gasteiger charge is -2.46. The standard InChI is InChI=1S/C21H19NO7/c1-2-8-3-4-12(23)15-11(8)6-9-5-10-7-13(24)16(20(22)28)19(27)21(10,29)18(26)14(9)17(15)25/h2-4,9-10,23,25,27,29H,1,5-7H2,(H2,22,28)/t9-,10+,21+/m1/s1. The molecule has 3 aliphatic carbocycles. The van der Waals surface area contributed by atoms with Crippen LogP contribution >= 0.6 is 0 Å². The molecule has 1 aromatic carbocycles. The zero-order valence-corrected chi connectivity index (χ0v) is 15.3. The van der Waals surface area contributed by atoms with Gasteiger partial charge in [-0.3, -0.25) is 14.4 Å². The largest absolute Gasteiger partial charge is 0.508 e. The van der Waals surface area contributed by atoms with Crippen LogP contribution in [0.3, 0.4) is 0 Å². The summed E-state index contributed by atoms with van der Waals surface area (Å²) in [6.07, 6.45) is 1.60. The van der Waals surface area contributed by atoms with Crippen molar-refractivity contribution in [1.29, 1.82) is 0 Å². The molecular weight excluding hydrogens is 378 g/mol. The van der Waals surface area contributed by atoms with Crippen LogP contribution in [-0.4, -0.2) is 43.5 Å². The minimum atomic E-state index is -2.54. The van der Waals surface area contributed by atoms with Gasteiger partial charge in [0.25, 0.3) is 5.91 Å². The summed E-state index contributed by atoms with van der Waals surface area (Å²) in [5.41, 5.74) is 2.99. The summed E-state index contributed by atoms with van der Waals surface area (Å²) in [5.74, 6) is -6.33. The van der Waals surface area contributed by atoms with Gasteiger partial charge >= 0.3 is 0 Å². The number of aromatic hydroxyl groups is 1. The first kappa shape index (κ1) is 18.9. The Morgan fingerprint density at radius 1 is 1.21 bits per heavy atom. The number of primary amides is 1. The van der Waals surface area contributed by atoms with Crippen LogP contribution in [0.4, 0.5) is 0 Å². The van der Waals surface area contributed by atoms with Crippen LogP contribution in [0.15, 0.2) is 35.6 Å². The Morgan fingerprint density at radius 2 is 1.90 bits per heavy atom. The molecule has 150 valence electrons. The molecule has 1 fully saturated rings. The van der Waals surface area contributed by atoms with Crippen molar-refractivity contribution in [2.75, 3.05) is 0 Å². The number of benzene rings is 1. The Balaban J connectivity index is 1.95. The molecule has 3 aliphatic rings. The van der Waals surface area contributed by atoms with E-state index in [0.717, 1.165) is 0 Å². The number of carbonyl (C=O) groups excluding carboxylic acids is 3. The van der Waals surface area contributed by atoms with E-state index in [2.05, 4.69) is 6.58 Å². The average Bonchev–Trinajstić information content (AvgIpc) is 2.64. The molecular formula is C21H19NO7. The fraction of sp³-hybridized carbons (Fsp3) is 0.286. The second-order valence-corrected chi connectivity index (χ2v) is 7.64. The van der Waals surface area contributed by atoms with Gasteiger partial charge in [0.2, 0.25) is 5.78 Å². The number of aliphatic hydroxyl groups excluding tert-OH is 2. The van der Waals surface area contributed by atoms with Crippen LogP contribution in [0.25, 0.3) is 11.8 Å². The molecule has 8 heteroatoms. The molecule has 1 saturated carbocycles. The molecule has 0 heterocycles. The molecule has 1 amide bonds. The van der Waals surface area contributed by atoms with E-state index in [4.69, 9.17) is 5.73 Å². The van der Waals surface area contributed by atoms with Gasteiger partial charge in [-0.25, -0.2) is 0 Å². The molecule has 3 atom stereocenters. The van der Waals surface area contributed by atoms with Gasteiger partial charge in [-0.2, -0.15) is 0 Å². The van der Waals surface area contributed by atoms with E-state index in [1.807, 2.05) is 0 Å². The van der Waals surface area contributed by atoms with Crippen LogP contribution in [0.2, 0.25) is 0 Å². The fourth-order valence-corrected chi connectivity index (χ4v) is 4.84. The first-order valence-corrected chi connectivity index (χ1v) is 9.07. The van der Waals surface area contributed by atoms with Crippen LogP contribution in [0.5, 0.6) is 5.75 Å². The van der Waals surface area contributed by atoms with Crippen molar-refractivity contribution in [3.63, 3.8) is 0 Å². The summed E-state index contributed by atoms with van der Waals surface area (Å²) in [6.45, 7) is 3.72. The van der Waals surface area contributed by atoms with Gasteiger partial charge in [0, 0.05) is 17.9 Å². The Labute approximate surface area is 165 Å². The Hall–Kier alpha value is -3.39. The van der Waals surface area contributed by atoms with Crippen LogP contribution < -0.4 is 5.73 Å². The van der Waals surface area contributed by atoms with Gasteiger partial charge in [-0.05, 0) is 36.0 Å². The number of ketones is 2. The van der Waals surface area contributed by atoms with Crippen molar-refractivity contribution in [2.24, 2.45) is 17.6 Å². The normalized spacial score (nSPS) is 28.6. The van der Waals surface area contributed by atoms with Crippen molar-refractivity contribution in [3.05, 3.63) is 52.3 Å². The number of nitrogens with two attached hydrogens (primary N) is 1. The number of rotatable bonds is 2. The highest BCUT2D eigenvalue weighted by Gasteiger charge is 2.60. The topological polar surface area (TPSA) is 158 Å². The molecule has 0 spiro atoms. The molecule has 4 rings (SSSR count). The number of Topliss-reactive ketones (excluding diaryl/α,β-unsaturated/α-hetero) is 2. The molecule has 6 N–H and O–H groups in total. The number of aliphatic hydroxyl groups is 3. The maximum absolute atomic E-state index is 13.3. The van der Waals surface area contributed by atoms with Crippen LogP contribution in [-0.2, 0) is 20.8 Å². The number of phenols is 1. The highest BCUT2D eigenvalue weighted by Crippen LogP contribution is 2.52. The van der Waals surface area contributed by atoms with E-state index in [1.165, 1.54) is 6.07 Å². The first-order valence-electron chi connectivity index (χ1n) is 9.07. The van der Waals surface area contributed by atoms with Crippen molar-refractivity contribution in [3.8, 4) is 5.75 Å². The zero-order valence-electron chi connectivity index (χ0n) is 15.3. The molecule has 0 unspecified atom stereocenters. The predicted molar refractivity (Wildman–Crippen MR) is 101 cm³/mol. The lowest BCUT2D eigenvalue weighted by atomic mass is 9.59. The maximum atomic E-state index is 13.3. The molecule has 29 heavy (non-hydrogen) atoms. The summed E-state index contributed by atoms with van der Waals surface area (Å²) in [5, 5.41) is 42.7. The van der Waals surface area contributed by atoms with Gasteiger partial charge < -0.3 is 26.2 Å². The Kier molecular flexibility index (Phi) is 3.95. The molecule has 0 aromatic heterocycles. The van der Waals surface area contributed by atoms with E-state index < -0.39 is 52.0 Å². The predicted octanol–water partition coefficient (Wildman–Crippen LogP) is 1.07. The van der Waals surface area contributed by atoms with E-state index in [9.17, 15) is 34.8 Å². The molecule has 1 aromatic rings. The monoisotopic (exact) mass is 397 g/mol.